The van der Waals surface area contributed by atoms with E-state index in [4.69, 9.17) is 4.74 Å². The smallest absolute Gasteiger partial charge is 0.319 e. The highest BCUT2D eigenvalue weighted by Crippen LogP contribution is 2.25. The molecular formula is C18H29N5O2. The molecule has 2 fully saturated rings. The van der Waals surface area contributed by atoms with Crippen molar-refractivity contribution in [3.8, 4) is 0 Å². The second-order valence-corrected chi connectivity index (χ2v) is 6.97. The van der Waals surface area contributed by atoms with Crippen molar-refractivity contribution in [2.75, 3.05) is 49.5 Å². The van der Waals surface area contributed by atoms with Crippen LogP contribution >= 0.6 is 0 Å². The first-order valence-corrected chi connectivity index (χ1v) is 9.24. The lowest BCUT2D eigenvalue weighted by Gasteiger charge is -2.35. The molecule has 2 saturated heterocycles. The molecule has 2 unspecified atom stereocenters. The van der Waals surface area contributed by atoms with Gasteiger partial charge < -0.3 is 20.3 Å². The largest absolute Gasteiger partial charge is 0.373 e. The fraction of sp³-hybridized carbons (Fsp3) is 0.667. The van der Waals surface area contributed by atoms with Crippen molar-refractivity contribution in [2.45, 2.75) is 38.9 Å². The molecule has 0 bridgehead atoms. The first-order chi connectivity index (χ1) is 12.1. The molecule has 25 heavy (non-hydrogen) atoms. The van der Waals surface area contributed by atoms with Crippen LogP contribution in [0.25, 0.3) is 0 Å². The number of rotatable bonds is 5. The van der Waals surface area contributed by atoms with E-state index in [1.165, 1.54) is 12.8 Å². The van der Waals surface area contributed by atoms with E-state index in [2.05, 4.69) is 39.3 Å². The third-order valence-electron chi connectivity index (χ3n) is 4.65. The highest BCUT2D eigenvalue weighted by molar-refractivity contribution is 5.92. The number of nitrogens with one attached hydrogen (secondary N) is 2. The molecule has 7 nitrogen and oxygen atoms in total. The van der Waals surface area contributed by atoms with E-state index in [9.17, 15) is 4.79 Å². The van der Waals surface area contributed by atoms with Crippen molar-refractivity contribution in [2.24, 2.45) is 0 Å². The van der Waals surface area contributed by atoms with Gasteiger partial charge in [0.1, 0.15) is 0 Å². The van der Waals surface area contributed by atoms with Crippen LogP contribution in [-0.4, -0.2) is 67.4 Å². The zero-order chi connectivity index (χ0) is 17.6. The summed E-state index contributed by atoms with van der Waals surface area (Å²) in [6.07, 6.45) is 4.63. The van der Waals surface area contributed by atoms with Crippen LogP contribution in [0, 0.1) is 0 Å². The van der Waals surface area contributed by atoms with Gasteiger partial charge in [-0.25, -0.2) is 9.78 Å². The lowest BCUT2D eigenvalue weighted by Crippen LogP contribution is -2.48. The molecule has 3 rings (SSSR count). The number of ether oxygens (including phenoxy) is 1. The van der Waals surface area contributed by atoms with E-state index >= 15 is 0 Å². The summed E-state index contributed by atoms with van der Waals surface area (Å²) in [6, 6.07) is 3.58. The van der Waals surface area contributed by atoms with Gasteiger partial charge in [0, 0.05) is 45.5 Å². The Morgan fingerprint density at radius 3 is 2.72 bits per heavy atom. The van der Waals surface area contributed by atoms with Gasteiger partial charge >= 0.3 is 6.03 Å². The highest BCUT2D eigenvalue weighted by Gasteiger charge is 2.22. The van der Waals surface area contributed by atoms with Crippen molar-refractivity contribution in [3.63, 3.8) is 0 Å². The van der Waals surface area contributed by atoms with Crippen LogP contribution in [0.4, 0.5) is 16.3 Å². The summed E-state index contributed by atoms with van der Waals surface area (Å²) in [5, 5.41) is 5.89. The van der Waals surface area contributed by atoms with Crippen LogP contribution in [0.5, 0.6) is 0 Å². The van der Waals surface area contributed by atoms with Crippen LogP contribution < -0.4 is 15.5 Å². The zero-order valence-electron chi connectivity index (χ0n) is 15.2. The van der Waals surface area contributed by atoms with Gasteiger partial charge in [0.15, 0.2) is 5.82 Å². The predicted octanol–water partition coefficient (Wildman–Crippen LogP) is 1.91. The SMILES string of the molecule is CC1CN(CCNC(=O)Nc2cccnc2N2CCCC2)CC(C)O1. The normalized spacial score (nSPS) is 24.3. The summed E-state index contributed by atoms with van der Waals surface area (Å²) in [4.78, 5) is 21.2. The Morgan fingerprint density at radius 1 is 1.28 bits per heavy atom. The van der Waals surface area contributed by atoms with E-state index in [0.717, 1.165) is 44.2 Å². The number of carbonyl (C=O) groups excluding carboxylic acids is 1. The van der Waals surface area contributed by atoms with Crippen LogP contribution in [0.3, 0.4) is 0 Å². The van der Waals surface area contributed by atoms with Crippen molar-refractivity contribution in [1.82, 2.24) is 15.2 Å². The molecule has 3 heterocycles. The third kappa shape index (κ3) is 5.06. The molecular weight excluding hydrogens is 318 g/mol. The average molecular weight is 347 g/mol. The number of carbonyl (C=O) groups is 1. The summed E-state index contributed by atoms with van der Waals surface area (Å²) in [5.41, 5.74) is 0.774. The minimum Gasteiger partial charge on any atom is -0.373 e. The number of hydrogen-bond acceptors (Lipinski definition) is 5. The minimum absolute atomic E-state index is 0.178. The Kier molecular flexibility index (Phi) is 6.09. The summed E-state index contributed by atoms with van der Waals surface area (Å²) < 4.78 is 5.73. The van der Waals surface area contributed by atoms with Gasteiger partial charge in [-0.1, -0.05) is 0 Å². The van der Waals surface area contributed by atoms with Crippen molar-refractivity contribution < 1.29 is 9.53 Å². The third-order valence-corrected chi connectivity index (χ3v) is 4.65. The highest BCUT2D eigenvalue weighted by atomic mass is 16.5. The molecule has 0 aliphatic carbocycles. The van der Waals surface area contributed by atoms with Crippen LogP contribution in [0.2, 0.25) is 0 Å². The number of hydrogen-bond donors (Lipinski definition) is 2. The summed E-state index contributed by atoms with van der Waals surface area (Å²) in [6.45, 7) is 9.45. The number of urea groups is 1. The molecule has 7 heteroatoms. The molecule has 0 radical (unpaired) electrons. The lowest BCUT2D eigenvalue weighted by molar-refractivity contribution is -0.0672. The number of amides is 2. The number of anilines is 2. The van der Waals surface area contributed by atoms with Crippen molar-refractivity contribution in [3.05, 3.63) is 18.3 Å². The van der Waals surface area contributed by atoms with Crippen LogP contribution in [0.1, 0.15) is 26.7 Å². The average Bonchev–Trinajstić information content (AvgIpc) is 3.09. The topological polar surface area (TPSA) is 69.7 Å². The number of nitrogens with zero attached hydrogens (tertiary/aromatic N) is 3. The Bertz CT molecular complexity index is 566. The molecule has 2 atom stereocenters. The molecule has 0 aromatic carbocycles. The van der Waals surface area contributed by atoms with E-state index in [0.29, 0.717) is 6.54 Å². The summed E-state index contributed by atoms with van der Waals surface area (Å²) >= 11 is 0. The lowest BCUT2D eigenvalue weighted by atomic mass is 10.2. The van der Waals surface area contributed by atoms with E-state index in [1.54, 1.807) is 6.20 Å². The standard InChI is InChI=1S/C18H29N5O2/c1-14-12-22(13-15(2)25-14)11-8-20-18(24)21-16-6-5-7-19-17(16)23-9-3-4-10-23/h5-7,14-15H,3-4,8-13H2,1-2H3,(H2,20,21,24). The molecule has 2 aliphatic heterocycles. The molecule has 2 N–H and O–H groups in total. The molecule has 2 aliphatic rings. The minimum atomic E-state index is -0.178. The van der Waals surface area contributed by atoms with Gasteiger partial charge in [0.25, 0.3) is 0 Å². The maximum Gasteiger partial charge on any atom is 0.319 e. The maximum atomic E-state index is 12.2. The van der Waals surface area contributed by atoms with Gasteiger partial charge in [-0.2, -0.15) is 0 Å². The van der Waals surface area contributed by atoms with Crippen LogP contribution in [0.15, 0.2) is 18.3 Å². The monoisotopic (exact) mass is 347 g/mol. The molecule has 2 amide bonds. The Hall–Kier alpha value is -1.86. The van der Waals surface area contributed by atoms with Gasteiger partial charge in [-0.15, -0.1) is 0 Å². The molecule has 1 aromatic heterocycles. The first kappa shape index (κ1) is 17.9. The number of aromatic nitrogens is 1. The van der Waals surface area contributed by atoms with Gasteiger partial charge in [0.2, 0.25) is 0 Å². The number of morpholine rings is 1. The molecule has 0 saturated carbocycles. The fourth-order valence-corrected chi connectivity index (χ4v) is 3.64. The van der Waals surface area contributed by atoms with Crippen LogP contribution in [-0.2, 0) is 4.74 Å². The maximum absolute atomic E-state index is 12.2. The Balaban J connectivity index is 1.46. The second kappa shape index (κ2) is 8.49. The van der Waals surface area contributed by atoms with Gasteiger partial charge in [-0.3, -0.25) is 4.90 Å². The fourth-order valence-electron chi connectivity index (χ4n) is 3.64. The summed E-state index contributed by atoms with van der Waals surface area (Å²) in [5.74, 6) is 0.867. The van der Waals surface area contributed by atoms with Gasteiger partial charge in [-0.05, 0) is 38.8 Å². The van der Waals surface area contributed by atoms with E-state index in [-0.39, 0.29) is 18.2 Å². The van der Waals surface area contributed by atoms with Gasteiger partial charge in [0.05, 0.1) is 17.9 Å². The number of pyridine rings is 1. The van der Waals surface area contributed by atoms with Crippen molar-refractivity contribution >= 4 is 17.5 Å². The molecule has 138 valence electrons. The van der Waals surface area contributed by atoms with Crippen molar-refractivity contribution in [1.29, 1.82) is 0 Å². The molecule has 1 aromatic rings. The zero-order valence-corrected chi connectivity index (χ0v) is 15.2. The first-order valence-electron chi connectivity index (χ1n) is 9.24. The second-order valence-electron chi connectivity index (χ2n) is 6.97. The molecule has 0 spiro atoms. The Labute approximate surface area is 149 Å². The summed E-state index contributed by atoms with van der Waals surface area (Å²) in [7, 11) is 0. The predicted molar refractivity (Wildman–Crippen MR) is 99.2 cm³/mol. The Morgan fingerprint density at radius 2 is 2.00 bits per heavy atom. The van der Waals surface area contributed by atoms with E-state index in [1.807, 2.05) is 12.1 Å². The van der Waals surface area contributed by atoms with E-state index < -0.39 is 0 Å². The quantitative estimate of drug-likeness (QED) is 0.851.